The Morgan fingerprint density at radius 2 is 2.20 bits per heavy atom. The smallest absolute Gasteiger partial charge is 0.233 e. The molecule has 4 nitrogen and oxygen atoms in total. The summed E-state index contributed by atoms with van der Waals surface area (Å²) in [7, 11) is -3.12. The predicted molar refractivity (Wildman–Crippen MR) is 36.7 cm³/mol. The van der Waals surface area contributed by atoms with Gasteiger partial charge in [0.2, 0.25) is 10.0 Å². The molecule has 10 heavy (non-hydrogen) atoms. The fourth-order valence-corrected chi connectivity index (χ4v) is 1.58. The van der Waals surface area contributed by atoms with Gasteiger partial charge in [-0.25, -0.2) is 8.42 Å². The van der Waals surface area contributed by atoms with E-state index in [1.54, 1.807) is 0 Å². The molecule has 0 saturated carbocycles. The molecule has 0 spiro atoms. The van der Waals surface area contributed by atoms with Gasteiger partial charge in [-0.15, -0.1) is 0 Å². The summed E-state index contributed by atoms with van der Waals surface area (Å²) in [6, 6.07) is 0. The van der Waals surface area contributed by atoms with Crippen LogP contribution in [0.4, 0.5) is 0 Å². The summed E-state index contributed by atoms with van der Waals surface area (Å²) in [4.78, 5) is 4.88. The second-order valence-electron chi connectivity index (χ2n) is 2.65. The van der Waals surface area contributed by atoms with Crippen molar-refractivity contribution < 1.29 is 13.3 Å². The van der Waals surface area contributed by atoms with Crippen LogP contribution >= 0.6 is 0 Å². The molecule has 0 radical (unpaired) electrons. The highest BCUT2D eigenvalue weighted by Crippen LogP contribution is 2.13. The second kappa shape index (κ2) is 2.48. The zero-order valence-electron chi connectivity index (χ0n) is 6.07. The fraction of sp³-hybridized carbons (Fsp3) is 1.00. The van der Waals surface area contributed by atoms with Gasteiger partial charge in [0.05, 0.1) is 12.9 Å². The van der Waals surface area contributed by atoms with Crippen LogP contribution in [0.3, 0.4) is 0 Å². The van der Waals surface area contributed by atoms with E-state index in [0.29, 0.717) is 19.1 Å². The molecule has 0 aromatic rings. The molecule has 1 atom stereocenters. The van der Waals surface area contributed by atoms with Gasteiger partial charge in [0.15, 0.2) is 0 Å². The van der Waals surface area contributed by atoms with E-state index < -0.39 is 10.0 Å². The minimum atomic E-state index is -3.12. The van der Waals surface area contributed by atoms with Gasteiger partial charge in [-0.05, 0) is 5.92 Å². The molecule has 0 unspecified atom stereocenters. The molecular weight excluding hydrogens is 154 g/mol. The number of rotatable bonds is 1. The first kappa shape index (κ1) is 7.97. The summed E-state index contributed by atoms with van der Waals surface area (Å²) < 4.78 is 22.6. The molecular formula is C5H11NO3S. The molecule has 1 rings (SSSR count). The van der Waals surface area contributed by atoms with Crippen molar-refractivity contribution in [3.8, 4) is 0 Å². The first-order valence-corrected chi connectivity index (χ1v) is 4.95. The van der Waals surface area contributed by atoms with Crippen LogP contribution in [0.1, 0.15) is 6.92 Å². The Bertz CT molecular complexity index is 211. The van der Waals surface area contributed by atoms with Crippen molar-refractivity contribution in [3.05, 3.63) is 0 Å². The average molecular weight is 165 g/mol. The van der Waals surface area contributed by atoms with E-state index in [9.17, 15) is 8.42 Å². The summed E-state index contributed by atoms with van der Waals surface area (Å²) >= 11 is 0. The molecule has 0 aliphatic carbocycles. The first-order valence-electron chi connectivity index (χ1n) is 3.11. The van der Waals surface area contributed by atoms with Crippen molar-refractivity contribution in [2.45, 2.75) is 6.92 Å². The van der Waals surface area contributed by atoms with Crippen LogP contribution in [-0.4, -0.2) is 32.3 Å². The quantitative estimate of drug-likeness (QED) is 0.542. The molecule has 0 N–H and O–H groups in total. The number of hydrogen-bond donors (Lipinski definition) is 0. The lowest BCUT2D eigenvalue weighted by Crippen LogP contribution is -2.25. The molecule has 0 amide bonds. The Morgan fingerprint density at radius 3 is 2.40 bits per heavy atom. The normalized spacial score (nSPS) is 29.2. The van der Waals surface area contributed by atoms with E-state index in [1.165, 1.54) is 0 Å². The largest absolute Gasteiger partial charge is 0.284 e. The van der Waals surface area contributed by atoms with Crippen molar-refractivity contribution in [2.75, 3.05) is 19.4 Å². The Labute approximate surface area is 60.8 Å². The molecule has 0 aromatic carbocycles. The third-order valence-electron chi connectivity index (χ3n) is 1.33. The summed E-state index contributed by atoms with van der Waals surface area (Å²) in [6.45, 7) is 2.94. The van der Waals surface area contributed by atoms with Gasteiger partial charge in [0.25, 0.3) is 0 Å². The van der Waals surface area contributed by atoms with Gasteiger partial charge < -0.3 is 0 Å². The molecule has 1 saturated heterocycles. The van der Waals surface area contributed by atoms with Gasteiger partial charge in [-0.1, -0.05) is 11.4 Å². The second-order valence-corrected chi connectivity index (χ2v) is 4.52. The topological polar surface area (TPSA) is 46.6 Å². The minimum absolute atomic E-state index is 0.315. The van der Waals surface area contributed by atoms with Crippen LogP contribution < -0.4 is 0 Å². The fourth-order valence-electron chi connectivity index (χ4n) is 0.801. The summed E-state index contributed by atoms with van der Waals surface area (Å²) in [5, 5.41) is 0. The Kier molecular flexibility index (Phi) is 1.98. The third kappa shape index (κ3) is 1.68. The lowest BCUT2D eigenvalue weighted by molar-refractivity contribution is -0.0287. The molecule has 1 aliphatic heterocycles. The maximum atomic E-state index is 10.8. The van der Waals surface area contributed by atoms with E-state index in [0.717, 1.165) is 10.7 Å². The van der Waals surface area contributed by atoms with Crippen LogP contribution in [0.25, 0.3) is 0 Å². The molecule has 5 heteroatoms. The molecule has 1 fully saturated rings. The number of nitrogens with zero attached hydrogens (tertiary/aromatic N) is 1. The molecule has 0 aromatic heterocycles. The van der Waals surface area contributed by atoms with Crippen molar-refractivity contribution in [1.29, 1.82) is 0 Å². The van der Waals surface area contributed by atoms with Crippen LogP contribution in [0.2, 0.25) is 0 Å². The van der Waals surface area contributed by atoms with Crippen molar-refractivity contribution in [2.24, 2.45) is 5.92 Å². The Morgan fingerprint density at radius 1 is 1.60 bits per heavy atom. The van der Waals surface area contributed by atoms with E-state index in [4.69, 9.17) is 4.84 Å². The lowest BCUT2D eigenvalue weighted by atomic mass is 10.2. The highest BCUT2D eigenvalue weighted by molar-refractivity contribution is 7.88. The van der Waals surface area contributed by atoms with Crippen molar-refractivity contribution >= 4 is 10.0 Å². The summed E-state index contributed by atoms with van der Waals surface area (Å²) in [5.74, 6) is 0.315. The number of hydrogen-bond acceptors (Lipinski definition) is 3. The van der Waals surface area contributed by atoms with Gasteiger partial charge in [0.1, 0.15) is 0 Å². The highest BCUT2D eigenvalue weighted by atomic mass is 32.2. The van der Waals surface area contributed by atoms with Gasteiger partial charge in [-0.2, -0.15) is 0 Å². The summed E-state index contributed by atoms with van der Waals surface area (Å²) in [5.41, 5.74) is 0. The minimum Gasteiger partial charge on any atom is -0.284 e. The lowest BCUT2D eigenvalue weighted by Gasteiger charge is -2.08. The number of sulfonamides is 1. The zero-order valence-corrected chi connectivity index (χ0v) is 6.89. The molecule has 60 valence electrons. The van der Waals surface area contributed by atoms with Crippen molar-refractivity contribution in [3.63, 3.8) is 0 Å². The van der Waals surface area contributed by atoms with Gasteiger partial charge in [-0.3, -0.25) is 4.84 Å². The van der Waals surface area contributed by atoms with Crippen LogP contribution in [0.15, 0.2) is 0 Å². The van der Waals surface area contributed by atoms with Crippen LogP contribution in [0, 0.1) is 5.92 Å². The average Bonchev–Trinajstić information content (AvgIpc) is 2.11. The Balaban J connectivity index is 2.62. The van der Waals surface area contributed by atoms with E-state index in [2.05, 4.69) is 0 Å². The van der Waals surface area contributed by atoms with Gasteiger partial charge in [0, 0.05) is 6.54 Å². The SMILES string of the molecule is C[C@@H]1CON(S(C)(=O)=O)C1. The van der Waals surface area contributed by atoms with E-state index in [1.807, 2.05) is 6.92 Å². The Hall–Kier alpha value is -0.130. The van der Waals surface area contributed by atoms with Crippen molar-refractivity contribution in [1.82, 2.24) is 4.47 Å². The molecule has 1 aliphatic rings. The maximum absolute atomic E-state index is 10.8. The van der Waals surface area contributed by atoms with E-state index >= 15 is 0 Å². The number of hydroxylamine groups is 1. The monoisotopic (exact) mass is 165 g/mol. The zero-order chi connectivity index (χ0) is 7.78. The highest BCUT2D eigenvalue weighted by Gasteiger charge is 2.26. The van der Waals surface area contributed by atoms with Gasteiger partial charge >= 0.3 is 0 Å². The van der Waals surface area contributed by atoms with Crippen LogP contribution in [-0.2, 0) is 14.9 Å². The molecule has 0 bridgehead atoms. The predicted octanol–water partition coefficient (Wildman–Crippen LogP) is -0.171. The van der Waals surface area contributed by atoms with Crippen LogP contribution in [0.5, 0.6) is 0 Å². The first-order chi connectivity index (χ1) is 4.50. The standard InChI is InChI=1S/C5H11NO3S/c1-5-3-6(9-4-5)10(2,7)8/h5H,3-4H2,1-2H3/t5-/m0/s1. The summed E-state index contributed by atoms with van der Waals surface area (Å²) in [6.07, 6.45) is 1.14. The molecule has 1 heterocycles. The third-order valence-corrected chi connectivity index (χ3v) is 2.33. The van der Waals surface area contributed by atoms with E-state index in [-0.39, 0.29) is 0 Å². The maximum Gasteiger partial charge on any atom is 0.233 e.